The number of hydrogen-bond donors (Lipinski definition) is 1. The molecule has 2 nitrogen and oxygen atoms in total. The molecule has 2 rings (SSSR count). The van der Waals surface area contributed by atoms with Crippen molar-refractivity contribution in [3.63, 3.8) is 0 Å². The third-order valence-corrected chi connectivity index (χ3v) is 3.80. The van der Waals surface area contributed by atoms with Crippen molar-refractivity contribution in [1.29, 1.82) is 0 Å². The van der Waals surface area contributed by atoms with Crippen LogP contribution < -0.4 is 5.32 Å². The van der Waals surface area contributed by atoms with Crippen LogP contribution in [0.3, 0.4) is 0 Å². The number of rotatable bonds is 4. The minimum absolute atomic E-state index is 0.0419. The predicted molar refractivity (Wildman–Crippen MR) is 84.6 cm³/mol. The fourth-order valence-corrected chi connectivity index (χ4v) is 2.26. The van der Waals surface area contributed by atoms with Crippen molar-refractivity contribution in [2.45, 2.75) is 19.3 Å². The van der Waals surface area contributed by atoms with Gasteiger partial charge in [0.1, 0.15) is 0 Å². The van der Waals surface area contributed by atoms with Gasteiger partial charge in [-0.25, -0.2) is 0 Å². The van der Waals surface area contributed by atoms with Gasteiger partial charge >= 0.3 is 0 Å². The fourth-order valence-electron chi connectivity index (χ4n) is 1.96. The lowest BCUT2D eigenvalue weighted by Crippen LogP contribution is -2.14. The van der Waals surface area contributed by atoms with E-state index < -0.39 is 0 Å². The normalized spacial score (nSPS) is 11.9. The Hall–Kier alpha value is -1.51. The molecule has 0 fully saturated rings. The standard InChI is InChI=1S/C16H15Cl2NO/c1-11(12-5-3-2-4-6-12)9-16(20)19-13-7-8-14(17)15(18)10-13/h2-8,10-11H,9H2,1H3,(H,19,20)/t11-/m1/s1. The Morgan fingerprint density at radius 2 is 1.80 bits per heavy atom. The zero-order valence-corrected chi connectivity index (χ0v) is 12.6. The molecule has 4 heteroatoms. The number of carbonyl (C=O) groups excluding carboxylic acids is 1. The lowest BCUT2D eigenvalue weighted by Gasteiger charge is -2.12. The molecule has 0 aromatic heterocycles. The Kier molecular flexibility index (Phi) is 5.05. The molecule has 104 valence electrons. The summed E-state index contributed by atoms with van der Waals surface area (Å²) in [6.07, 6.45) is 0.421. The Balaban J connectivity index is 1.97. The zero-order chi connectivity index (χ0) is 14.5. The van der Waals surface area contributed by atoms with Crippen LogP contribution in [-0.2, 0) is 4.79 Å². The van der Waals surface area contributed by atoms with E-state index in [9.17, 15) is 4.79 Å². The number of anilines is 1. The smallest absolute Gasteiger partial charge is 0.224 e. The van der Waals surface area contributed by atoms with Gasteiger partial charge in [-0.15, -0.1) is 0 Å². The van der Waals surface area contributed by atoms with Crippen molar-refractivity contribution in [2.24, 2.45) is 0 Å². The average molecular weight is 308 g/mol. The maximum Gasteiger partial charge on any atom is 0.224 e. The van der Waals surface area contributed by atoms with Gasteiger partial charge in [-0.05, 0) is 29.7 Å². The van der Waals surface area contributed by atoms with Gasteiger partial charge in [0.15, 0.2) is 0 Å². The third kappa shape index (κ3) is 3.99. The summed E-state index contributed by atoms with van der Waals surface area (Å²) in [5.41, 5.74) is 1.81. The van der Waals surface area contributed by atoms with Crippen LogP contribution in [0.4, 0.5) is 5.69 Å². The van der Waals surface area contributed by atoms with E-state index in [-0.39, 0.29) is 11.8 Å². The molecule has 1 amide bonds. The van der Waals surface area contributed by atoms with E-state index in [4.69, 9.17) is 23.2 Å². The highest BCUT2D eigenvalue weighted by Crippen LogP contribution is 2.25. The van der Waals surface area contributed by atoms with Crippen LogP contribution in [0.25, 0.3) is 0 Å². The van der Waals surface area contributed by atoms with Gasteiger partial charge in [0, 0.05) is 12.1 Å². The summed E-state index contributed by atoms with van der Waals surface area (Å²) in [6.45, 7) is 2.03. The first-order valence-corrected chi connectivity index (χ1v) is 7.11. The molecule has 1 N–H and O–H groups in total. The van der Waals surface area contributed by atoms with Gasteiger partial charge in [-0.1, -0.05) is 60.5 Å². The molecule has 2 aromatic rings. The molecule has 0 aliphatic heterocycles. The van der Waals surface area contributed by atoms with Crippen molar-refractivity contribution in [3.05, 3.63) is 64.1 Å². The Labute approximate surface area is 128 Å². The van der Waals surface area contributed by atoms with Gasteiger partial charge in [-0.3, -0.25) is 4.79 Å². The van der Waals surface area contributed by atoms with Crippen molar-refractivity contribution < 1.29 is 4.79 Å². The number of nitrogens with one attached hydrogen (secondary N) is 1. The molecule has 0 radical (unpaired) electrons. The third-order valence-electron chi connectivity index (χ3n) is 3.06. The Bertz CT molecular complexity index is 599. The minimum Gasteiger partial charge on any atom is -0.326 e. The molecule has 0 saturated heterocycles. The molecule has 0 saturated carbocycles. The summed E-state index contributed by atoms with van der Waals surface area (Å²) in [6, 6.07) is 15.0. The largest absolute Gasteiger partial charge is 0.326 e. The number of hydrogen-bond acceptors (Lipinski definition) is 1. The molecular weight excluding hydrogens is 293 g/mol. The summed E-state index contributed by atoms with van der Waals surface area (Å²) in [4.78, 5) is 12.0. The van der Waals surface area contributed by atoms with Gasteiger partial charge < -0.3 is 5.32 Å². The van der Waals surface area contributed by atoms with Gasteiger partial charge in [0.2, 0.25) is 5.91 Å². The molecular formula is C16H15Cl2NO. The van der Waals surface area contributed by atoms with E-state index in [1.54, 1.807) is 18.2 Å². The van der Waals surface area contributed by atoms with Crippen LogP contribution in [0.2, 0.25) is 10.0 Å². The predicted octanol–water partition coefficient (Wildman–Crippen LogP) is 5.13. The lowest BCUT2D eigenvalue weighted by atomic mass is 9.97. The number of carbonyl (C=O) groups is 1. The average Bonchev–Trinajstić information content (AvgIpc) is 2.44. The van der Waals surface area contributed by atoms with E-state index in [0.29, 0.717) is 22.2 Å². The van der Waals surface area contributed by atoms with Crippen LogP contribution in [0, 0.1) is 0 Å². The second kappa shape index (κ2) is 6.78. The van der Waals surface area contributed by atoms with E-state index in [0.717, 1.165) is 5.56 Å². The quantitative estimate of drug-likeness (QED) is 0.834. The van der Waals surface area contributed by atoms with E-state index in [1.807, 2.05) is 37.3 Å². The first-order chi connectivity index (χ1) is 9.56. The van der Waals surface area contributed by atoms with E-state index >= 15 is 0 Å². The maximum absolute atomic E-state index is 12.0. The molecule has 0 spiro atoms. The van der Waals surface area contributed by atoms with Crippen LogP contribution in [0.5, 0.6) is 0 Å². The lowest BCUT2D eigenvalue weighted by molar-refractivity contribution is -0.116. The van der Waals surface area contributed by atoms with E-state index in [1.165, 1.54) is 0 Å². The molecule has 0 bridgehead atoms. The molecule has 1 atom stereocenters. The summed E-state index contributed by atoms with van der Waals surface area (Å²) in [5, 5.41) is 3.73. The molecule has 0 heterocycles. The second-order valence-corrected chi connectivity index (χ2v) is 5.51. The topological polar surface area (TPSA) is 29.1 Å². The van der Waals surface area contributed by atoms with Crippen LogP contribution in [0.15, 0.2) is 48.5 Å². The molecule has 20 heavy (non-hydrogen) atoms. The second-order valence-electron chi connectivity index (χ2n) is 4.69. The monoisotopic (exact) mass is 307 g/mol. The van der Waals surface area contributed by atoms with E-state index in [2.05, 4.69) is 5.32 Å². The fraction of sp³-hybridized carbons (Fsp3) is 0.188. The van der Waals surface area contributed by atoms with Crippen LogP contribution in [-0.4, -0.2) is 5.91 Å². The van der Waals surface area contributed by atoms with Crippen molar-refractivity contribution in [3.8, 4) is 0 Å². The zero-order valence-electron chi connectivity index (χ0n) is 11.1. The minimum atomic E-state index is -0.0419. The molecule has 0 aliphatic rings. The molecule has 0 unspecified atom stereocenters. The van der Waals surface area contributed by atoms with Gasteiger partial charge in [-0.2, -0.15) is 0 Å². The Morgan fingerprint density at radius 3 is 2.45 bits per heavy atom. The summed E-state index contributed by atoms with van der Waals surface area (Å²) < 4.78 is 0. The summed E-state index contributed by atoms with van der Waals surface area (Å²) >= 11 is 11.8. The highest BCUT2D eigenvalue weighted by molar-refractivity contribution is 6.42. The van der Waals surface area contributed by atoms with Gasteiger partial charge in [0.25, 0.3) is 0 Å². The number of halogens is 2. The van der Waals surface area contributed by atoms with Crippen molar-refractivity contribution in [1.82, 2.24) is 0 Å². The van der Waals surface area contributed by atoms with Crippen LogP contribution in [0.1, 0.15) is 24.8 Å². The highest BCUT2D eigenvalue weighted by Gasteiger charge is 2.11. The van der Waals surface area contributed by atoms with Crippen molar-refractivity contribution in [2.75, 3.05) is 5.32 Å². The molecule has 2 aromatic carbocycles. The highest BCUT2D eigenvalue weighted by atomic mass is 35.5. The number of amides is 1. The first-order valence-electron chi connectivity index (χ1n) is 6.36. The maximum atomic E-state index is 12.0. The summed E-state index contributed by atoms with van der Waals surface area (Å²) in [7, 11) is 0. The molecule has 0 aliphatic carbocycles. The van der Waals surface area contributed by atoms with Gasteiger partial charge in [0.05, 0.1) is 10.0 Å². The SMILES string of the molecule is C[C@H](CC(=O)Nc1ccc(Cl)c(Cl)c1)c1ccccc1. The Morgan fingerprint density at radius 1 is 1.10 bits per heavy atom. The summed E-state index contributed by atoms with van der Waals surface area (Å²) in [5.74, 6) is 0.124. The first kappa shape index (κ1) is 14.9. The number of benzene rings is 2. The van der Waals surface area contributed by atoms with Crippen LogP contribution >= 0.6 is 23.2 Å². The van der Waals surface area contributed by atoms with Crippen molar-refractivity contribution >= 4 is 34.8 Å².